The molecule has 1 aromatic rings. The molecule has 0 aliphatic rings. The van der Waals surface area contributed by atoms with Crippen molar-refractivity contribution < 1.29 is 13.2 Å². The molecule has 0 aromatic heterocycles. The predicted octanol–water partition coefficient (Wildman–Crippen LogP) is 1.67. The quantitative estimate of drug-likeness (QED) is 0.782. The van der Waals surface area contributed by atoms with Crippen molar-refractivity contribution in [3.8, 4) is 0 Å². The summed E-state index contributed by atoms with van der Waals surface area (Å²) in [4.78, 5) is 1.71. The summed E-state index contributed by atoms with van der Waals surface area (Å²) in [5.74, 6) is -3.83. The Morgan fingerprint density at radius 1 is 1.20 bits per heavy atom. The van der Waals surface area contributed by atoms with Gasteiger partial charge in [0.05, 0.1) is 0 Å². The van der Waals surface area contributed by atoms with E-state index >= 15 is 0 Å². The van der Waals surface area contributed by atoms with Crippen molar-refractivity contribution in [2.45, 2.75) is 6.04 Å². The third kappa shape index (κ3) is 2.49. The minimum atomic E-state index is -1.45. The summed E-state index contributed by atoms with van der Waals surface area (Å²) < 4.78 is 38.5. The third-order valence-corrected chi connectivity index (χ3v) is 2.24. The summed E-state index contributed by atoms with van der Waals surface area (Å²) in [5, 5.41) is 0. The first-order valence-corrected chi connectivity index (χ1v) is 4.48. The molecule has 1 rings (SSSR count). The van der Waals surface area contributed by atoms with Gasteiger partial charge in [0.2, 0.25) is 0 Å². The molecule has 0 spiro atoms. The molecule has 15 heavy (non-hydrogen) atoms. The first-order valence-electron chi connectivity index (χ1n) is 4.48. The Hall–Kier alpha value is -1.07. The largest absolute Gasteiger partial charge is 0.329 e. The highest BCUT2D eigenvalue weighted by Gasteiger charge is 2.17. The SMILES string of the molecule is CN(C)[C@@H](CN)c1cc(F)c(F)c(F)c1. The molecule has 0 saturated carbocycles. The van der Waals surface area contributed by atoms with Crippen molar-refractivity contribution in [2.24, 2.45) is 5.73 Å². The number of benzene rings is 1. The molecule has 0 unspecified atom stereocenters. The molecule has 2 N–H and O–H groups in total. The van der Waals surface area contributed by atoms with Crippen molar-refractivity contribution in [3.05, 3.63) is 35.1 Å². The molecule has 2 nitrogen and oxygen atoms in total. The van der Waals surface area contributed by atoms with E-state index in [9.17, 15) is 13.2 Å². The lowest BCUT2D eigenvalue weighted by Gasteiger charge is -2.23. The van der Waals surface area contributed by atoms with E-state index in [4.69, 9.17) is 5.73 Å². The van der Waals surface area contributed by atoms with Gasteiger partial charge in [-0.3, -0.25) is 0 Å². The van der Waals surface area contributed by atoms with E-state index in [1.807, 2.05) is 0 Å². The van der Waals surface area contributed by atoms with Crippen LogP contribution in [0.25, 0.3) is 0 Å². The number of nitrogens with zero attached hydrogens (tertiary/aromatic N) is 1. The van der Waals surface area contributed by atoms with Crippen LogP contribution in [0.4, 0.5) is 13.2 Å². The average molecular weight is 218 g/mol. The zero-order valence-corrected chi connectivity index (χ0v) is 8.60. The second-order valence-corrected chi connectivity index (χ2v) is 3.51. The van der Waals surface area contributed by atoms with Crippen molar-refractivity contribution in [1.29, 1.82) is 0 Å². The van der Waals surface area contributed by atoms with Gasteiger partial charge in [0.1, 0.15) is 0 Å². The van der Waals surface area contributed by atoms with Gasteiger partial charge in [-0.2, -0.15) is 0 Å². The summed E-state index contributed by atoms with van der Waals surface area (Å²) >= 11 is 0. The van der Waals surface area contributed by atoms with Gasteiger partial charge in [-0.1, -0.05) is 0 Å². The number of halogens is 3. The molecule has 0 fully saturated rings. The molecule has 5 heteroatoms. The minimum absolute atomic E-state index is 0.206. The van der Waals surface area contributed by atoms with Gasteiger partial charge in [-0.15, -0.1) is 0 Å². The van der Waals surface area contributed by atoms with Crippen molar-refractivity contribution in [1.82, 2.24) is 4.90 Å². The van der Waals surface area contributed by atoms with Crippen LogP contribution in [0.2, 0.25) is 0 Å². The topological polar surface area (TPSA) is 29.3 Å². The second-order valence-electron chi connectivity index (χ2n) is 3.51. The lowest BCUT2D eigenvalue weighted by atomic mass is 10.1. The van der Waals surface area contributed by atoms with E-state index in [0.29, 0.717) is 5.56 Å². The monoisotopic (exact) mass is 218 g/mol. The first kappa shape index (κ1) is 12.0. The summed E-state index contributed by atoms with van der Waals surface area (Å²) in [7, 11) is 3.47. The van der Waals surface area contributed by atoms with Crippen LogP contribution < -0.4 is 5.73 Å². The highest BCUT2D eigenvalue weighted by molar-refractivity contribution is 5.23. The van der Waals surface area contributed by atoms with Crippen LogP contribution in [0.15, 0.2) is 12.1 Å². The third-order valence-electron chi connectivity index (χ3n) is 2.24. The maximum absolute atomic E-state index is 12.9. The van der Waals surface area contributed by atoms with E-state index in [2.05, 4.69) is 0 Å². The van der Waals surface area contributed by atoms with Crippen LogP contribution in [0.5, 0.6) is 0 Å². The van der Waals surface area contributed by atoms with E-state index < -0.39 is 17.5 Å². The van der Waals surface area contributed by atoms with Gasteiger partial charge in [0, 0.05) is 12.6 Å². The van der Waals surface area contributed by atoms with E-state index in [0.717, 1.165) is 12.1 Å². The maximum Gasteiger partial charge on any atom is 0.194 e. The summed E-state index contributed by atoms with van der Waals surface area (Å²) in [6.07, 6.45) is 0. The van der Waals surface area contributed by atoms with Crippen LogP contribution in [-0.2, 0) is 0 Å². The number of hydrogen-bond acceptors (Lipinski definition) is 2. The first-order chi connectivity index (χ1) is 6.97. The van der Waals surface area contributed by atoms with Crippen LogP contribution >= 0.6 is 0 Å². The highest BCUT2D eigenvalue weighted by atomic mass is 19.2. The van der Waals surface area contributed by atoms with Gasteiger partial charge < -0.3 is 10.6 Å². The lowest BCUT2D eigenvalue weighted by Crippen LogP contribution is -2.27. The molecule has 1 aromatic carbocycles. The number of likely N-dealkylation sites (N-methyl/N-ethyl adjacent to an activating group) is 1. The normalized spacial score (nSPS) is 13.3. The molecule has 0 saturated heterocycles. The zero-order chi connectivity index (χ0) is 11.6. The van der Waals surface area contributed by atoms with Gasteiger partial charge >= 0.3 is 0 Å². The molecular weight excluding hydrogens is 205 g/mol. The molecule has 84 valence electrons. The van der Waals surface area contributed by atoms with E-state index in [1.165, 1.54) is 0 Å². The maximum atomic E-state index is 12.9. The standard InChI is InChI=1S/C10H13F3N2/c1-15(2)9(5-14)6-3-7(11)10(13)8(12)4-6/h3-4,9H,5,14H2,1-2H3/t9-/m0/s1. The fraction of sp³-hybridized carbons (Fsp3) is 0.400. The van der Waals surface area contributed by atoms with Crippen LogP contribution in [0.3, 0.4) is 0 Å². The Bertz CT molecular complexity index is 330. The molecule has 0 amide bonds. The Morgan fingerprint density at radius 2 is 1.67 bits per heavy atom. The Morgan fingerprint density at radius 3 is 2.00 bits per heavy atom. The molecule has 0 aliphatic heterocycles. The molecule has 0 bridgehead atoms. The van der Waals surface area contributed by atoms with E-state index in [1.54, 1.807) is 19.0 Å². The molecular formula is C10H13F3N2. The Kier molecular flexibility index (Phi) is 3.71. The molecule has 1 atom stereocenters. The van der Waals surface area contributed by atoms with E-state index in [-0.39, 0.29) is 12.6 Å². The van der Waals surface area contributed by atoms with Gasteiger partial charge in [-0.25, -0.2) is 13.2 Å². The second kappa shape index (κ2) is 4.63. The summed E-state index contributed by atoms with van der Waals surface area (Å²) in [5.41, 5.74) is 5.80. The summed E-state index contributed by atoms with van der Waals surface area (Å²) in [6, 6.07) is 1.61. The lowest BCUT2D eigenvalue weighted by molar-refractivity contribution is 0.303. The number of hydrogen-bond donors (Lipinski definition) is 1. The van der Waals surface area contributed by atoms with Crippen LogP contribution in [-0.4, -0.2) is 25.5 Å². The smallest absolute Gasteiger partial charge is 0.194 e. The van der Waals surface area contributed by atoms with Crippen molar-refractivity contribution in [3.63, 3.8) is 0 Å². The van der Waals surface area contributed by atoms with Gasteiger partial charge in [0.15, 0.2) is 17.5 Å². The highest BCUT2D eigenvalue weighted by Crippen LogP contribution is 2.21. The minimum Gasteiger partial charge on any atom is -0.329 e. The van der Waals surface area contributed by atoms with Gasteiger partial charge in [-0.05, 0) is 31.8 Å². The van der Waals surface area contributed by atoms with Crippen molar-refractivity contribution in [2.75, 3.05) is 20.6 Å². The van der Waals surface area contributed by atoms with Crippen LogP contribution in [0.1, 0.15) is 11.6 Å². The predicted molar refractivity (Wildman–Crippen MR) is 51.8 cm³/mol. The van der Waals surface area contributed by atoms with Crippen molar-refractivity contribution >= 4 is 0 Å². The molecule has 0 radical (unpaired) electrons. The molecule has 0 aliphatic carbocycles. The van der Waals surface area contributed by atoms with Gasteiger partial charge in [0.25, 0.3) is 0 Å². The Labute approximate surface area is 86.5 Å². The number of nitrogens with two attached hydrogens (primary N) is 1. The number of rotatable bonds is 3. The Balaban J connectivity index is 3.14. The summed E-state index contributed by atoms with van der Waals surface area (Å²) in [6.45, 7) is 0.206. The average Bonchev–Trinajstić information content (AvgIpc) is 2.14. The zero-order valence-electron chi connectivity index (χ0n) is 8.60. The fourth-order valence-electron chi connectivity index (χ4n) is 1.41. The molecule has 0 heterocycles. The fourth-order valence-corrected chi connectivity index (χ4v) is 1.41. The van der Waals surface area contributed by atoms with Crippen LogP contribution in [0, 0.1) is 17.5 Å².